The predicted octanol–water partition coefficient (Wildman–Crippen LogP) is 4.66. The van der Waals surface area contributed by atoms with Gasteiger partial charge in [0, 0.05) is 5.88 Å². The van der Waals surface area contributed by atoms with Gasteiger partial charge in [-0.2, -0.15) is 0 Å². The zero-order valence-corrected chi connectivity index (χ0v) is 16.9. The van der Waals surface area contributed by atoms with E-state index in [2.05, 4.69) is 0 Å². The van der Waals surface area contributed by atoms with Gasteiger partial charge in [0.05, 0.1) is 30.0 Å². The standard InChI is InChI=1S/C15H31BClO5P/c1-7-19-23(18,20-8-2)13(11-9-10-12-17)16-21-14(3,4)15(5,6)22-16/h13H,7-12H2,1-6H3. The van der Waals surface area contributed by atoms with Crippen molar-refractivity contribution in [2.45, 2.75) is 77.6 Å². The van der Waals surface area contributed by atoms with Crippen LogP contribution in [0.15, 0.2) is 0 Å². The van der Waals surface area contributed by atoms with Crippen LogP contribution >= 0.6 is 19.2 Å². The number of unbranched alkanes of at least 4 members (excludes halogenated alkanes) is 1. The summed E-state index contributed by atoms with van der Waals surface area (Å²) >= 11 is 5.78. The van der Waals surface area contributed by atoms with Crippen LogP contribution in [0.2, 0.25) is 0 Å². The lowest BCUT2D eigenvalue weighted by Crippen LogP contribution is -2.41. The highest BCUT2D eigenvalue weighted by molar-refractivity contribution is 7.57. The van der Waals surface area contributed by atoms with Crippen molar-refractivity contribution in [3.63, 3.8) is 0 Å². The van der Waals surface area contributed by atoms with Crippen molar-refractivity contribution in [1.82, 2.24) is 0 Å². The summed E-state index contributed by atoms with van der Waals surface area (Å²) in [5.41, 5.74) is -1.41. The molecule has 1 atom stereocenters. The van der Waals surface area contributed by atoms with Crippen molar-refractivity contribution in [2.75, 3.05) is 19.1 Å². The smallest absolute Gasteiger partial charge is 0.403 e. The molecule has 5 nitrogen and oxygen atoms in total. The molecule has 0 aromatic heterocycles. The SMILES string of the molecule is CCOP(=O)(OCC)C(CCCCCl)B1OC(C)(C)C(C)(C)O1. The van der Waals surface area contributed by atoms with E-state index in [4.69, 9.17) is 30.0 Å². The first kappa shape index (κ1) is 21.5. The number of alkyl halides is 1. The highest BCUT2D eigenvalue weighted by Crippen LogP contribution is 2.57. The molecule has 1 fully saturated rings. The van der Waals surface area contributed by atoms with Gasteiger partial charge in [-0.15, -0.1) is 11.6 Å². The third-order valence-electron chi connectivity index (χ3n) is 4.49. The molecule has 0 N–H and O–H groups in total. The summed E-state index contributed by atoms with van der Waals surface area (Å²) in [6.07, 6.45) is 2.29. The van der Waals surface area contributed by atoms with E-state index in [-0.39, 0.29) is 0 Å². The van der Waals surface area contributed by atoms with Crippen LogP contribution in [0.25, 0.3) is 0 Å². The molecular formula is C15H31BClO5P. The van der Waals surface area contributed by atoms with E-state index in [1.807, 2.05) is 41.5 Å². The summed E-state index contributed by atoms with van der Waals surface area (Å²) in [4.78, 5) is 0. The summed E-state index contributed by atoms with van der Waals surface area (Å²) in [5.74, 6) is 0.573. The fourth-order valence-electron chi connectivity index (χ4n) is 2.53. The van der Waals surface area contributed by atoms with Crippen LogP contribution in [0.3, 0.4) is 0 Å². The molecule has 8 heteroatoms. The maximum absolute atomic E-state index is 13.3. The van der Waals surface area contributed by atoms with Gasteiger partial charge in [-0.3, -0.25) is 4.57 Å². The average molecular weight is 369 g/mol. The summed E-state index contributed by atoms with van der Waals surface area (Å²) in [5, 5.41) is 0. The third kappa shape index (κ3) is 5.20. The van der Waals surface area contributed by atoms with E-state index >= 15 is 0 Å². The highest BCUT2D eigenvalue weighted by atomic mass is 35.5. The van der Waals surface area contributed by atoms with Crippen molar-refractivity contribution in [3.8, 4) is 0 Å². The van der Waals surface area contributed by atoms with Gasteiger partial charge >= 0.3 is 14.7 Å². The van der Waals surface area contributed by atoms with Gasteiger partial charge in [0.2, 0.25) is 0 Å². The van der Waals surface area contributed by atoms with E-state index in [1.54, 1.807) is 0 Å². The fraction of sp³-hybridized carbons (Fsp3) is 1.00. The second kappa shape index (κ2) is 8.69. The molecule has 0 bridgehead atoms. The zero-order chi connectivity index (χ0) is 17.7. The maximum Gasteiger partial charge on any atom is 0.473 e. The van der Waals surface area contributed by atoms with Crippen molar-refractivity contribution >= 4 is 26.3 Å². The Morgan fingerprint density at radius 3 is 1.91 bits per heavy atom. The first-order valence-corrected chi connectivity index (χ1v) is 10.6. The molecule has 0 aromatic rings. The van der Waals surface area contributed by atoms with Gasteiger partial charge in [0.25, 0.3) is 0 Å². The van der Waals surface area contributed by atoms with Crippen LogP contribution in [-0.4, -0.2) is 43.0 Å². The molecule has 1 heterocycles. The molecule has 0 aliphatic carbocycles. The second-order valence-corrected chi connectivity index (χ2v) is 9.39. The number of halogens is 1. The lowest BCUT2D eigenvalue weighted by Gasteiger charge is -2.32. The van der Waals surface area contributed by atoms with Crippen LogP contribution in [0.1, 0.15) is 60.8 Å². The molecule has 0 radical (unpaired) electrons. The number of hydrogen-bond donors (Lipinski definition) is 0. The van der Waals surface area contributed by atoms with Gasteiger partial charge in [-0.25, -0.2) is 0 Å². The van der Waals surface area contributed by atoms with Crippen molar-refractivity contribution in [3.05, 3.63) is 0 Å². The van der Waals surface area contributed by atoms with Crippen molar-refractivity contribution in [2.24, 2.45) is 0 Å². The van der Waals surface area contributed by atoms with Crippen molar-refractivity contribution < 1.29 is 22.9 Å². The Morgan fingerprint density at radius 2 is 1.52 bits per heavy atom. The van der Waals surface area contributed by atoms with Crippen LogP contribution in [-0.2, 0) is 22.9 Å². The summed E-state index contributed by atoms with van der Waals surface area (Å²) < 4.78 is 36.6. The van der Waals surface area contributed by atoms with E-state index in [0.717, 1.165) is 12.8 Å². The Kier molecular flexibility index (Phi) is 8.11. The molecule has 1 unspecified atom stereocenters. The molecule has 0 saturated carbocycles. The number of hydrogen-bond acceptors (Lipinski definition) is 5. The summed E-state index contributed by atoms with van der Waals surface area (Å²) in [6.45, 7) is 12.2. The van der Waals surface area contributed by atoms with E-state index in [0.29, 0.717) is 25.5 Å². The van der Waals surface area contributed by atoms with Gasteiger partial charge in [0.15, 0.2) is 0 Å². The first-order chi connectivity index (χ1) is 10.6. The minimum Gasteiger partial charge on any atom is -0.403 e. The molecule has 1 saturated heterocycles. The van der Waals surface area contributed by atoms with Crippen LogP contribution in [0.4, 0.5) is 0 Å². The quantitative estimate of drug-likeness (QED) is 0.243. The Morgan fingerprint density at radius 1 is 1.04 bits per heavy atom. The molecule has 0 amide bonds. The van der Waals surface area contributed by atoms with E-state index in [9.17, 15) is 4.57 Å². The first-order valence-electron chi connectivity index (χ1n) is 8.44. The number of rotatable bonds is 10. The van der Waals surface area contributed by atoms with Crippen LogP contribution in [0.5, 0.6) is 0 Å². The molecule has 0 spiro atoms. The molecule has 136 valence electrons. The van der Waals surface area contributed by atoms with Gasteiger partial charge in [0.1, 0.15) is 0 Å². The minimum absolute atomic E-state index is 0.322. The second-order valence-electron chi connectivity index (χ2n) is 6.75. The molecule has 1 rings (SSSR count). The molecule has 1 aliphatic rings. The topological polar surface area (TPSA) is 54.0 Å². The Labute approximate surface area is 146 Å². The third-order valence-corrected chi connectivity index (χ3v) is 7.31. The Balaban J connectivity index is 3.03. The molecular weight excluding hydrogens is 337 g/mol. The predicted molar refractivity (Wildman–Crippen MR) is 95.3 cm³/mol. The van der Waals surface area contributed by atoms with Gasteiger partial charge < -0.3 is 18.4 Å². The lowest BCUT2D eigenvalue weighted by molar-refractivity contribution is 0.00578. The highest BCUT2D eigenvalue weighted by Gasteiger charge is 2.58. The molecule has 23 heavy (non-hydrogen) atoms. The minimum atomic E-state index is -3.32. The van der Waals surface area contributed by atoms with E-state index in [1.165, 1.54) is 0 Å². The molecule has 1 aliphatic heterocycles. The normalized spacial score (nSPS) is 21.6. The van der Waals surface area contributed by atoms with E-state index < -0.39 is 31.5 Å². The largest absolute Gasteiger partial charge is 0.473 e. The van der Waals surface area contributed by atoms with Gasteiger partial charge in [-0.1, -0.05) is 6.42 Å². The maximum atomic E-state index is 13.3. The molecule has 0 aromatic carbocycles. The van der Waals surface area contributed by atoms with Crippen molar-refractivity contribution in [1.29, 1.82) is 0 Å². The monoisotopic (exact) mass is 368 g/mol. The van der Waals surface area contributed by atoms with Gasteiger partial charge in [-0.05, 0) is 54.4 Å². The fourth-order valence-corrected chi connectivity index (χ4v) is 4.81. The summed E-state index contributed by atoms with van der Waals surface area (Å²) in [7, 11) is -3.94. The average Bonchev–Trinajstić information content (AvgIpc) is 2.63. The zero-order valence-electron chi connectivity index (χ0n) is 15.3. The van der Waals surface area contributed by atoms with Crippen LogP contribution in [0, 0.1) is 0 Å². The lowest BCUT2D eigenvalue weighted by atomic mass is 9.81. The Hall–Kier alpha value is 0.425. The summed E-state index contributed by atoms with van der Waals surface area (Å²) in [6, 6.07) is 0. The Bertz CT molecular complexity index is 393. The van der Waals surface area contributed by atoms with Crippen LogP contribution < -0.4 is 0 Å².